The number of rotatable bonds is 1. The predicted octanol–water partition coefficient (Wildman–Crippen LogP) is 5.81. The molecule has 3 nitrogen and oxygen atoms in total. The van der Waals surface area contributed by atoms with Crippen molar-refractivity contribution in [3.8, 4) is 0 Å². The molecule has 0 radical (unpaired) electrons. The van der Waals surface area contributed by atoms with Gasteiger partial charge in [0.2, 0.25) is 0 Å². The third kappa shape index (κ3) is 2.37. The van der Waals surface area contributed by atoms with Gasteiger partial charge in [-0.05, 0) is 80.2 Å². The van der Waals surface area contributed by atoms with Crippen molar-refractivity contribution in [3.63, 3.8) is 0 Å². The molecule has 2 aromatic rings. The Hall–Kier alpha value is -1.87. The minimum absolute atomic E-state index is 0.210. The van der Waals surface area contributed by atoms with Gasteiger partial charge >= 0.3 is 0 Å². The first-order chi connectivity index (χ1) is 14.0. The Morgan fingerprint density at radius 3 is 2.76 bits per heavy atom. The van der Waals surface area contributed by atoms with Crippen molar-refractivity contribution >= 4 is 16.7 Å². The van der Waals surface area contributed by atoms with Crippen molar-refractivity contribution in [1.29, 1.82) is 0 Å². The molecule has 0 spiro atoms. The molecule has 1 aromatic heterocycles. The van der Waals surface area contributed by atoms with Gasteiger partial charge in [-0.3, -0.25) is 0 Å². The Morgan fingerprint density at radius 1 is 1.03 bits per heavy atom. The number of nitrogens with zero attached hydrogens (tertiary/aromatic N) is 2. The highest BCUT2D eigenvalue weighted by molar-refractivity contribution is 5.80. The number of allylic oxidation sites excluding steroid dienone is 3. The lowest BCUT2D eigenvalue weighted by Crippen LogP contribution is -2.50. The van der Waals surface area contributed by atoms with Gasteiger partial charge in [-0.25, -0.2) is 4.98 Å². The highest BCUT2D eigenvalue weighted by Gasteiger charge is 2.57. The molecule has 3 unspecified atom stereocenters. The molecule has 29 heavy (non-hydrogen) atoms. The summed E-state index contributed by atoms with van der Waals surface area (Å²) in [5, 5.41) is 10.2. The molecule has 2 saturated carbocycles. The van der Waals surface area contributed by atoms with Crippen molar-refractivity contribution < 1.29 is 5.11 Å². The largest absolute Gasteiger partial charge is 0.389 e. The second-order valence-corrected chi connectivity index (χ2v) is 10.5. The van der Waals surface area contributed by atoms with Gasteiger partial charge in [0, 0.05) is 11.1 Å². The SMILES string of the molecule is C[C@]12CC[C@H](O)C=C1CCC1C2CC[C@]2(C)C(n3cnc4ccccc43)=CCC12. The van der Waals surface area contributed by atoms with Gasteiger partial charge in [0.1, 0.15) is 6.33 Å². The molecule has 152 valence electrons. The number of para-hydroxylation sites is 2. The third-order valence-electron chi connectivity index (χ3n) is 9.34. The number of hydrogen-bond acceptors (Lipinski definition) is 2. The van der Waals surface area contributed by atoms with Crippen molar-refractivity contribution in [2.24, 2.45) is 28.6 Å². The van der Waals surface area contributed by atoms with Crippen LogP contribution >= 0.6 is 0 Å². The minimum Gasteiger partial charge on any atom is -0.389 e. The molecule has 4 aliphatic rings. The summed E-state index contributed by atoms with van der Waals surface area (Å²) < 4.78 is 2.38. The normalized spacial score (nSPS) is 41.3. The minimum atomic E-state index is -0.210. The molecule has 0 aliphatic heterocycles. The van der Waals surface area contributed by atoms with E-state index in [9.17, 15) is 5.11 Å². The molecule has 6 rings (SSSR count). The maximum atomic E-state index is 10.2. The first-order valence-corrected chi connectivity index (χ1v) is 11.5. The Labute approximate surface area is 173 Å². The van der Waals surface area contributed by atoms with Crippen LogP contribution in [0.1, 0.15) is 58.8 Å². The number of fused-ring (bicyclic) bond motifs is 6. The molecule has 4 aliphatic carbocycles. The van der Waals surface area contributed by atoms with Crippen molar-refractivity contribution in [3.05, 3.63) is 48.3 Å². The number of aromatic nitrogens is 2. The van der Waals surface area contributed by atoms with Crippen LogP contribution in [-0.4, -0.2) is 20.8 Å². The smallest absolute Gasteiger partial charge is 0.100 e. The number of imidazole rings is 1. The number of hydrogen-bond donors (Lipinski definition) is 1. The van der Waals surface area contributed by atoms with E-state index in [2.05, 4.69) is 59.8 Å². The number of aliphatic hydroxyl groups excluding tert-OH is 1. The molecule has 0 saturated heterocycles. The molecule has 3 heteroatoms. The van der Waals surface area contributed by atoms with Gasteiger partial charge < -0.3 is 9.67 Å². The average Bonchev–Trinajstić information content (AvgIpc) is 3.29. The Morgan fingerprint density at radius 2 is 1.86 bits per heavy atom. The van der Waals surface area contributed by atoms with E-state index in [-0.39, 0.29) is 11.5 Å². The monoisotopic (exact) mass is 388 g/mol. The lowest BCUT2D eigenvalue weighted by Gasteiger charge is -2.58. The highest BCUT2D eigenvalue weighted by Crippen LogP contribution is 2.66. The van der Waals surface area contributed by atoms with E-state index in [1.165, 1.54) is 43.3 Å². The molecular formula is C26H32N2O. The molecule has 1 N–H and O–H groups in total. The zero-order valence-corrected chi connectivity index (χ0v) is 17.6. The topological polar surface area (TPSA) is 38.0 Å². The fraction of sp³-hybridized carbons (Fsp3) is 0.577. The van der Waals surface area contributed by atoms with E-state index in [1.807, 2.05) is 6.33 Å². The summed E-state index contributed by atoms with van der Waals surface area (Å²) in [6, 6.07) is 8.52. The lowest BCUT2D eigenvalue weighted by molar-refractivity contribution is -0.0293. The van der Waals surface area contributed by atoms with E-state index < -0.39 is 0 Å². The number of benzene rings is 1. The van der Waals surface area contributed by atoms with Gasteiger partial charge in [-0.2, -0.15) is 0 Å². The predicted molar refractivity (Wildman–Crippen MR) is 117 cm³/mol. The molecule has 1 aromatic carbocycles. The standard InChI is InChI=1S/C26H32N2O/c1-25-13-11-18(29)15-17(25)7-8-19-20-9-10-24(26(20,2)14-12-21(19)25)28-16-27-22-5-3-4-6-23(22)28/h3-6,10,15-16,18-21,29H,7-9,11-14H2,1-2H3/t18-,19?,20?,21?,25-,26-/m0/s1. The van der Waals surface area contributed by atoms with Crippen LogP contribution in [0.4, 0.5) is 0 Å². The number of aliphatic hydroxyl groups is 1. The highest BCUT2D eigenvalue weighted by atomic mass is 16.3. The van der Waals surface area contributed by atoms with Crippen LogP contribution < -0.4 is 0 Å². The summed E-state index contributed by atoms with van der Waals surface area (Å²) in [5.41, 5.74) is 5.94. The van der Waals surface area contributed by atoms with Gasteiger partial charge in [0.15, 0.2) is 0 Å². The Balaban J connectivity index is 1.36. The molecule has 1 heterocycles. The molecular weight excluding hydrogens is 356 g/mol. The summed E-state index contributed by atoms with van der Waals surface area (Å²) in [5.74, 6) is 2.32. The summed E-state index contributed by atoms with van der Waals surface area (Å²) >= 11 is 0. The van der Waals surface area contributed by atoms with Crippen LogP contribution in [-0.2, 0) is 0 Å². The van der Waals surface area contributed by atoms with Gasteiger partial charge in [0.05, 0.1) is 17.1 Å². The zero-order chi connectivity index (χ0) is 19.8. The summed E-state index contributed by atoms with van der Waals surface area (Å²) in [4.78, 5) is 4.68. The first kappa shape index (κ1) is 17.9. The second-order valence-electron chi connectivity index (χ2n) is 10.5. The van der Waals surface area contributed by atoms with Crippen LogP contribution in [0.15, 0.2) is 48.3 Å². The second kappa shape index (κ2) is 6.07. The van der Waals surface area contributed by atoms with Crippen LogP contribution in [0.25, 0.3) is 16.7 Å². The Bertz CT molecular complexity index is 1030. The van der Waals surface area contributed by atoms with E-state index in [0.29, 0.717) is 5.41 Å². The van der Waals surface area contributed by atoms with E-state index in [4.69, 9.17) is 0 Å². The summed E-state index contributed by atoms with van der Waals surface area (Å²) in [6.45, 7) is 5.04. The lowest BCUT2D eigenvalue weighted by atomic mass is 9.47. The van der Waals surface area contributed by atoms with Crippen LogP contribution in [0, 0.1) is 28.6 Å². The molecule has 0 amide bonds. The quantitative estimate of drug-likeness (QED) is 0.626. The fourth-order valence-electron chi connectivity index (χ4n) is 7.78. The van der Waals surface area contributed by atoms with Gasteiger partial charge in [0.25, 0.3) is 0 Å². The van der Waals surface area contributed by atoms with Crippen molar-refractivity contribution in [2.45, 2.75) is 64.9 Å². The average molecular weight is 389 g/mol. The van der Waals surface area contributed by atoms with Crippen LogP contribution in [0.2, 0.25) is 0 Å². The summed E-state index contributed by atoms with van der Waals surface area (Å²) in [7, 11) is 0. The Kier molecular flexibility index (Phi) is 3.76. The van der Waals surface area contributed by atoms with Crippen molar-refractivity contribution in [2.75, 3.05) is 0 Å². The molecule has 6 atom stereocenters. The van der Waals surface area contributed by atoms with Crippen molar-refractivity contribution in [1.82, 2.24) is 9.55 Å². The van der Waals surface area contributed by atoms with E-state index >= 15 is 0 Å². The van der Waals surface area contributed by atoms with Gasteiger partial charge in [-0.1, -0.05) is 43.7 Å². The molecule has 2 fully saturated rings. The first-order valence-electron chi connectivity index (χ1n) is 11.5. The third-order valence-corrected chi connectivity index (χ3v) is 9.34. The molecule has 0 bridgehead atoms. The van der Waals surface area contributed by atoms with E-state index in [1.54, 1.807) is 5.57 Å². The van der Waals surface area contributed by atoms with E-state index in [0.717, 1.165) is 36.1 Å². The summed E-state index contributed by atoms with van der Waals surface area (Å²) in [6.07, 6.45) is 14.9. The zero-order valence-electron chi connectivity index (χ0n) is 17.6. The van der Waals surface area contributed by atoms with Gasteiger partial charge in [-0.15, -0.1) is 0 Å². The van der Waals surface area contributed by atoms with Crippen LogP contribution in [0.3, 0.4) is 0 Å². The maximum Gasteiger partial charge on any atom is 0.100 e. The fourth-order valence-corrected chi connectivity index (χ4v) is 7.78. The maximum absolute atomic E-state index is 10.2. The van der Waals surface area contributed by atoms with Crippen LogP contribution in [0.5, 0.6) is 0 Å².